The van der Waals surface area contributed by atoms with Crippen molar-refractivity contribution in [3.8, 4) is 0 Å². The van der Waals surface area contributed by atoms with Crippen LogP contribution < -0.4 is 16.0 Å². The van der Waals surface area contributed by atoms with Crippen molar-refractivity contribution in [1.29, 1.82) is 0 Å². The number of aryl methyl sites for hydroxylation is 1. The lowest BCUT2D eigenvalue weighted by atomic mass is 10.1. The molecule has 0 aliphatic heterocycles. The van der Waals surface area contributed by atoms with Gasteiger partial charge in [0.05, 0.1) is 5.25 Å². The standard InChI is InChI=1S/C33H29Cl2N3O3S/c1-3-30(33(41)37-28-19-24(34)17-16-21(28)2)42-26-14-9-13-25(20-26)36-32(40)29(18-23-12-7-8-15-27(23)35)38-31(39)22-10-5-4-6-11-22/h4-20,30H,3H2,1-2H3,(H,36,40)(H,37,41)(H,38,39)/b29-18+. The number of carbonyl (C=O) groups is 3. The van der Waals surface area contributed by atoms with Crippen molar-refractivity contribution in [2.24, 2.45) is 0 Å². The van der Waals surface area contributed by atoms with Crippen LogP contribution >= 0.6 is 35.0 Å². The maximum absolute atomic E-state index is 13.4. The number of rotatable bonds is 10. The van der Waals surface area contributed by atoms with E-state index in [1.807, 2.05) is 26.0 Å². The van der Waals surface area contributed by atoms with Crippen molar-refractivity contribution in [3.05, 3.63) is 129 Å². The van der Waals surface area contributed by atoms with E-state index in [-0.39, 0.29) is 16.9 Å². The van der Waals surface area contributed by atoms with Gasteiger partial charge in [0.25, 0.3) is 11.8 Å². The summed E-state index contributed by atoms with van der Waals surface area (Å²) in [6.07, 6.45) is 2.12. The van der Waals surface area contributed by atoms with Crippen LogP contribution in [0.5, 0.6) is 0 Å². The number of nitrogens with one attached hydrogen (secondary N) is 3. The number of anilines is 2. The molecule has 0 aromatic heterocycles. The predicted octanol–water partition coefficient (Wildman–Crippen LogP) is 8.22. The monoisotopic (exact) mass is 617 g/mol. The maximum atomic E-state index is 13.4. The Bertz CT molecular complexity index is 1630. The Balaban J connectivity index is 1.51. The SMILES string of the molecule is CCC(Sc1cccc(NC(=O)/C(=C\c2ccccc2Cl)NC(=O)c2ccccc2)c1)C(=O)Nc1cc(Cl)ccc1C. The largest absolute Gasteiger partial charge is 0.325 e. The Morgan fingerprint density at radius 2 is 1.60 bits per heavy atom. The summed E-state index contributed by atoms with van der Waals surface area (Å²) >= 11 is 13.8. The molecule has 4 rings (SSSR count). The van der Waals surface area contributed by atoms with Gasteiger partial charge in [-0.3, -0.25) is 14.4 Å². The minimum Gasteiger partial charge on any atom is -0.325 e. The van der Waals surface area contributed by atoms with E-state index < -0.39 is 11.8 Å². The molecular weight excluding hydrogens is 589 g/mol. The second-order valence-electron chi connectivity index (χ2n) is 9.34. The molecule has 0 fully saturated rings. The lowest BCUT2D eigenvalue weighted by Gasteiger charge is -2.17. The first-order valence-electron chi connectivity index (χ1n) is 13.2. The van der Waals surface area contributed by atoms with Crippen LogP contribution in [0, 0.1) is 6.92 Å². The second-order valence-corrected chi connectivity index (χ2v) is 11.5. The van der Waals surface area contributed by atoms with E-state index in [2.05, 4.69) is 16.0 Å². The minimum atomic E-state index is -0.525. The Hall–Kier alpha value is -4.04. The topological polar surface area (TPSA) is 87.3 Å². The fourth-order valence-corrected chi connectivity index (χ4v) is 5.34. The molecule has 0 saturated carbocycles. The van der Waals surface area contributed by atoms with Gasteiger partial charge >= 0.3 is 0 Å². The fraction of sp³-hybridized carbons (Fsp3) is 0.121. The molecule has 1 atom stereocenters. The molecule has 0 bridgehead atoms. The Kier molecular flexibility index (Phi) is 10.8. The van der Waals surface area contributed by atoms with Crippen molar-refractivity contribution in [2.75, 3.05) is 10.6 Å². The quantitative estimate of drug-likeness (QED) is 0.124. The molecule has 42 heavy (non-hydrogen) atoms. The van der Waals surface area contributed by atoms with E-state index in [9.17, 15) is 14.4 Å². The van der Waals surface area contributed by atoms with Gasteiger partial charge in [0, 0.05) is 31.9 Å². The zero-order chi connectivity index (χ0) is 30.1. The van der Waals surface area contributed by atoms with Gasteiger partial charge in [-0.15, -0.1) is 11.8 Å². The maximum Gasteiger partial charge on any atom is 0.272 e. The number of benzene rings is 4. The lowest BCUT2D eigenvalue weighted by molar-refractivity contribution is -0.116. The summed E-state index contributed by atoms with van der Waals surface area (Å²) in [5.41, 5.74) is 3.10. The molecule has 0 heterocycles. The molecule has 0 saturated heterocycles. The van der Waals surface area contributed by atoms with Gasteiger partial charge in [-0.05, 0) is 79.1 Å². The molecule has 0 radical (unpaired) electrons. The van der Waals surface area contributed by atoms with E-state index >= 15 is 0 Å². The normalized spacial score (nSPS) is 11.9. The van der Waals surface area contributed by atoms with Gasteiger partial charge in [-0.1, -0.05) is 78.7 Å². The van der Waals surface area contributed by atoms with Crippen LogP contribution in [0.3, 0.4) is 0 Å². The smallest absolute Gasteiger partial charge is 0.272 e. The summed E-state index contributed by atoms with van der Waals surface area (Å²) in [5.74, 6) is -1.10. The average Bonchev–Trinajstić information content (AvgIpc) is 2.99. The molecule has 0 aliphatic carbocycles. The van der Waals surface area contributed by atoms with Crippen LogP contribution in [0.25, 0.3) is 6.08 Å². The molecule has 9 heteroatoms. The Morgan fingerprint density at radius 1 is 0.857 bits per heavy atom. The highest BCUT2D eigenvalue weighted by Gasteiger charge is 2.20. The van der Waals surface area contributed by atoms with E-state index in [0.29, 0.717) is 39.0 Å². The van der Waals surface area contributed by atoms with Crippen molar-refractivity contribution in [3.63, 3.8) is 0 Å². The molecule has 214 valence electrons. The Labute approximate surface area is 259 Å². The number of hydrogen-bond acceptors (Lipinski definition) is 4. The van der Waals surface area contributed by atoms with Crippen molar-refractivity contribution in [2.45, 2.75) is 30.4 Å². The third-order valence-corrected chi connectivity index (χ3v) is 8.16. The second kappa shape index (κ2) is 14.7. The van der Waals surface area contributed by atoms with Gasteiger partial charge in [-0.25, -0.2) is 0 Å². The molecule has 4 aromatic carbocycles. The van der Waals surface area contributed by atoms with Crippen LogP contribution in [-0.4, -0.2) is 23.0 Å². The predicted molar refractivity (Wildman–Crippen MR) is 173 cm³/mol. The number of amides is 3. The molecule has 4 aromatic rings. The zero-order valence-corrected chi connectivity index (χ0v) is 25.3. The van der Waals surface area contributed by atoms with Gasteiger partial charge in [-0.2, -0.15) is 0 Å². The molecule has 1 unspecified atom stereocenters. The summed E-state index contributed by atoms with van der Waals surface area (Å²) in [5, 5.41) is 9.15. The van der Waals surface area contributed by atoms with Crippen LogP contribution in [0.15, 0.2) is 108 Å². The first kappa shape index (κ1) is 30.9. The molecule has 0 spiro atoms. The van der Waals surface area contributed by atoms with Gasteiger partial charge in [0.2, 0.25) is 5.91 Å². The molecule has 3 amide bonds. The number of thioether (sulfide) groups is 1. The third kappa shape index (κ3) is 8.49. The van der Waals surface area contributed by atoms with Gasteiger partial charge in [0.15, 0.2) is 0 Å². The van der Waals surface area contributed by atoms with E-state index in [1.54, 1.807) is 84.9 Å². The first-order valence-corrected chi connectivity index (χ1v) is 14.8. The highest BCUT2D eigenvalue weighted by Crippen LogP contribution is 2.30. The average molecular weight is 619 g/mol. The Morgan fingerprint density at radius 3 is 2.33 bits per heavy atom. The summed E-state index contributed by atoms with van der Waals surface area (Å²) in [6.45, 7) is 3.85. The van der Waals surface area contributed by atoms with Crippen molar-refractivity contribution in [1.82, 2.24) is 5.32 Å². The van der Waals surface area contributed by atoms with Crippen molar-refractivity contribution >= 4 is 70.1 Å². The molecule has 0 aliphatic rings. The van der Waals surface area contributed by atoms with Crippen LogP contribution in [0.2, 0.25) is 10.0 Å². The lowest BCUT2D eigenvalue weighted by Crippen LogP contribution is -2.30. The number of halogens is 2. The molecule has 3 N–H and O–H groups in total. The molecule has 6 nitrogen and oxygen atoms in total. The highest BCUT2D eigenvalue weighted by atomic mass is 35.5. The van der Waals surface area contributed by atoms with Crippen LogP contribution in [-0.2, 0) is 9.59 Å². The summed E-state index contributed by atoms with van der Waals surface area (Å²) in [7, 11) is 0. The number of hydrogen-bond donors (Lipinski definition) is 3. The minimum absolute atomic E-state index is 0.0257. The summed E-state index contributed by atoms with van der Waals surface area (Å²) in [4.78, 5) is 40.2. The summed E-state index contributed by atoms with van der Waals surface area (Å²) < 4.78 is 0. The van der Waals surface area contributed by atoms with Gasteiger partial charge in [0.1, 0.15) is 5.70 Å². The van der Waals surface area contributed by atoms with Crippen LogP contribution in [0.4, 0.5) is 11.4 Å². The third-order valence-electron chi connectivity index (χ3n) is 6.22. The first-order chi connectivity index (χ1) is 20.2. The van der Waals surface area contributed by atoms with Crippen LogP contribution in [0.1, 0.15) is 34.8 Å². The summed E-state index contributed by atoms with van der Waals surface area (Å²) in [6, 6.07) is 28.2. The zero-order valence-electron chi connectivity index (χ0n) is 23.0. The van der Waals surface area contributed by atoms with Crippen molar-refractivity contribution < 1.29 is 14.4 Å². The van der Waals surface area contributed by atoms with Gasteiger partial charge < -0.3 is 16.0 Å². The van der Waals surface area contributed by atoms with E-state index in [1.165, 1.54) is 17.8 Å². The molecular formula is C33H29Cl2N3O3S. The number of carbonyl (C=O) groups excluding carboxylic acids is 3. The van der Waals surface area contributed by atoms with E-state index in [4.69, 9.17) is 23.2 Å². The van der Waals surface area contributed by atoms with E-state index in [0.717, 1.165) is 10.5 Å². The highest BCUT2D eigenvalue weighted by molar-refractivity contribution is 8.00. The fourth-order valence-electron chi connectivity index (χ4n) is 3.96.